The van der Waals surface area contributed by atoms with Gasteiger partial charge in [-0.05, 0) is 81.9 Å². The Morgan fingerprint density at radius 3 is 2.38 bits per heavy atom. The molecule has 4 aromatic carbocycles. The van der Waals surface area contributed by atoms with Crippen molar-refractivity contribution in [2.75, 3.05) is 0 Å². The van der Waals surface area contributed by atoms with E-state index in [2.05, 4.69) is 53.5 Å². The predicted molar refractivity (Wildman–Crippen MR) is 130 cm³/mol. The molecule has 0 saturated heterocycles. The lowest BCUT2D eigenvalue weighted by Gasteiger charge is -2.18. The largest absolute Gasteiger partial charge is 0.478 e. The molecule has 0 atom stereocenters. The van der Waals surface area contributed by atoms with E-state index in [1.807, 2.05) is 0 Å². The van der Waals surface area contributed by atoms with E-state index in [0.717, 1.165) is 5.39 Å². The summed E-state index contributed by atoms with van der Waals surface area (Å²) in [4.78, 5) is 24.2. The predicted octanol–water partition coefficient (Wildman–Crippen LogP) is 6.10. The van der Waals surface area contributed by atoms with Crippen molar-refractivity contribution >= 4 is 38.4 Å². The first-order valence-corrected chi connectivity index (χ1v) is 10.9. The molecule has 0 aliphatic heterocycles. The molecule has 0 amide bonds. The van der Waals surface area contributed by atoms with Crippen molar-refractivity contribution in [3.05, 3.63) is 106 Å². The maximum Gasteiger partial charge on any atom is 0.335 e. The first-order chi connectivity index (χ1) is 15.6. The standard InChI is InChI=1S/C18H16.C10H7NO3/c1-3-7-15-13(5-1)9-11-18-16-8-4-2-6-14(16)10-12-17(15)18;12-9-4-3-6-1-2-7(10(13)14)5-8(6)11-9/h1,3,5,7,9-12H,2,4,6,8H2;1-5H,(H,11,12)(H,13,14). The van der Waals surface area contributed by atoms with Gasteiger partial charge in [0, 0.05) is 11.6 Å². The zero-order chi connectivity index (χ0) is 22.1. The van der Waals surface area contributed by atoms with Gasteiger partial charge in [0.25, 0.3) is 0 Å². The Hall–Kier alpha value is -3.92. The molecule has 0 radical (unpaired) electrons. The molecule has 0 fully saturated rings. The van der Waals surface area contributed by atoms with E-state index in [1.54, 1.807) is 23.3 Å². The third-order valence-corrected chi connectivity index (χ3v) is 6.23. The average molecular weight is 421 g/mol. The fourth-order valence-corrected chi connectivity index (χ4v) is 4.63. The highest BCUT2D eigenvalue weighted by Crippen LogP contribution is 2.33. The molecule has 0 bridgehead atoms. The van der Waals surface area contributed by atoms with Crippen LogP contribution in [0.15, 0.2) is 83.7 Å². The van der Waals surface area contributed by atoms with Gasteiger partial charge in [-0.2, -0.15) is 0 Å². The Kier molecular flexibility index (Phi) is 5.20. The number of fused-ring (bicyclic) bond motifs is 6. The molecule has 6 rings (SSSR count). The molecule has 1 aliphatic carbocycles. The van der Waals surface area contributed by atoms with Crippen molar-refractivity contribution in [3.63, 3.8) is 0 Å². The Bertz CT molecular complexity index is 1530. The quantitative estimate of drug-likeness (QED) is 0.321. The molecule has 32 heavy (non-hydrogen) atoms. The van der Waals surface area contributed by atoms with Gasteiger partial charge in [0.1, 0.15) is 0 Å². The van der Waals surface area contributed by atoms with Crippen molar-refractivity contribution in [1.29, 1.82) is 0 Å². The lowest BCUT2D eigenvalue weighted by Crippen LogP contribution is -2.03. The number of hydrogen-bond donors (Lipinski definition) is 2. The van der Waals surface area contributed by atoms with E-state index in [9.17, 15) is 9.59 Å². The van der Waals surface area contributed by atoms with Gasteiger partial charge in [-0.1, -0.05) is 54.6 Å². The highest BCUT2D eigenvalue weighted by Gasteiger charge is 2.13. The highest BCUT2D eigenvalue weighted by atomic mass is 16.4. The Morgan fingerprint density at radius 1 is 0.750 bits per heavy atom. The summed E-state index contributed by atoms with van der Waals surface area (Å²) in [6.07, 6.45) is 5.22. The molecule has 1 aromatic heterocycles. The summed E-state index contributed by atoms with van der Waals surface area (Å²) in [5.74, 6) is -1.00. The van der Waals surface area contributed by atoms with Gasteiger partial charge < -0.3 is 10.1 Å². The zero-order valence-electron chi connectivity index (χ0n) is 17.6. The van der Waals surface area contributed by atoms with E-state index in [-0.39, 0.29) is 11.1 Å². The molecule has 2 N–H and O–H groups in total. The molecule has 4 nitrogen and oxygen atoms in total. The van der Waals surface area contributed by atoms with Crippen molar-refractivity contribution in [2.45, 2.75) is 25.7 Å². The second-order valence-electron chi connectivity index (χ2n) is 8.22. The molecule has 0 saturated carbocycles. The van der Waals surface area contributed by atoms with E-state index < -0.39 is 5.97 Å². The number of H-pyrrole nitrogens is 1. The lowest BCUT2D eigenvalue weighted by molar-refractivity contribution is 0.0697. The van der Waals surface area contributed by atoms with Crippen LogP contribution in [-0.2, 0) is 12.8 Å². The topological polar surface area (TPSA) is 70.2 Å². The average Bonchev–Trinajstić information content (AvgIpc) is 2.83. The molecule has 5 aromatic rings. The van der Waals surface area contributed by atoms with Crippen LogP contribution >= 0.6 is 0 Å². The summed E-state index contributed by atoms with van der Waals surface area (Å²) >= 11 is 0. The van der Waals surface area contributed by atoms with E-state index in [1.165, 1.54) is 65.4 Å². The van der Waals surface area contributed by atoms with Crippen LogP contribution in [0.5, 0.6) is 0 Å². The number of aromatic carboxylic acids is 1. The van der Waals surface area contributed by atoms with Gasteiger partial charge >= 0.3 is 5.97 Å². The second-order valence-corrected chi connectivity index (χ2v) is 8.22. The van der Waals surface area contributed by atoms with Crippen LogP contribution in [0.3, 0.4) is 0 Å². The molecule has 1 heterocycles. The number of nitrogens with one attached hydrogen (secondary N) is 1. The van der Waals surface area contributed by atoms with Gasteiger partial charge in [-0.3, -0.25) is 4.79 Å². The van der Waals surface area contributed by atoms with Crippen LogP contribution in [0.1, 0.15) is 34.3 Å². The van der Waals surface area contributed by atoms with Crippen molar-refractivity contribution in [2.24, 2.45) is 0 Å². The summed E-state index contributed by atoms with van der Waals surface area (Å²) < 4.78 is 0. The molecule has 158 valence electrons. The van der Waals surface area contributed by atoms with E-state index in [0.29, 0.717) is 5.52 Å². The van der Waals surface area contributed by atoms with E-state index >= 15 is 0 Å². The Labute approximate surface area is 185 Å². The number of hydrogen-bond acceptors (Lipinski definition) is 2. The number of aromatic nitrogens is 1. The fourth-order valence-electron chi connectivity index (χ4n) is 4.63. The monoisotopic (exact) mass is 421 g/mol. The molecule has 1 aliphatic rings. The number of carbonyl (C=O) groups is 1. The number of carboxylic acid groups (broad SMARTS) is 1. The van der Waals surface area contributed by atoms with Crippen LogP contribution in [0.4, 0.5) is 0 Å². The summed E-state index contributed by atoms with van der Waals surface area (Å²) in [7, 11) is 0. The summed E-state index contributed by atoms with van der Waals surface area (Å²) in [6, 6.07) is 25.6. The minimum Gasteiger partial charge on any atom is -0.478 e. The zero-order valence-corrected chi connectivity index (χ0v) is 17.6. The van der Waals surface area contributed by atoms with Crippen LogP contribution < -0.4 is 5.56 Å². The van der Waals surface area contributed by atoms with Crippen LogP contribution in [0.25, 0.3) is 32.4 Å². The Morgan fingerprint density at radius 2 is 1.50 bits per heavy atom. The molecule has 0 unspecified atom stereocenters. The maximum absolute atomic E-state index is 11.0. The highest BCUT2D eigenvalue weighted by molar-refractivity contribution is 6.08. The second kappa shape index (κ2) is 8.31. The van der Waals surface area contributed by atoms with Crippen LogP contribution in [0, 0.1) is 0 Å². The number of rotatable bonds is 1. The minimum absolute atomic E-state index is 0.166. The van der Waals surface area contributed by atoms with Crippen LogP contribution in [0.2, 0.25) is 0 Å². The summed E-state index contributed by atoms with van der Waals surface area (Å²) in [5.41, 5.74) is 3.64. The SMILES string of the molecule is O=C(O)c1ccc2ccc(=O)[nH]c2c1.c1ccc2c(c1)ccc1c3c(ccc12)CCCC3. The number of aryl methyl sites for hydroxylation is 2. The number of benzene rings is 4. The van der Waals surface area contributed by atoms with Crippen LogP contribution in [-0.4, -0.2) is 16.1 Å². The first kappa shape index (κ1) is 20.0. The van der Waals surface area contributed by atoms with Crippen molar-refractivity contribution in [1.82, 2.24) is 4.98 Å². The summed E-state index contributed by atoms with van der Waals surface area (Å²) in [5, 5.41) is 15.2. The van der Waals surface area contributed by atoms with E-state index in [4.69, 9.17) is 5.11 Å². The number of pyridine rings is 1. The Balaban J connectivity index is 0.000000140. The summed E-state index contributed by atoms with van der Waals surface area (Å²) in [6.45, 7) is 0. The minimum atomic E-state index is -1.00. The third kappa shape index (κ3) is 3.76. The van der Waals surface area contributed by atoms with Crippen molar-refractivity contribution < 1.29 is 9.90 Å². The van der Waals surface area contributed by atoms with Gasteiger partial charge in [0.2, 0.25) is 5.56 Å². The third-order valence-electron chi connectivity index (χ3n) is 6.23. The molecular formula is C28H23NO3. The fraction of sp³-hybridized carbons (Fsp3) is 0.143. The lowest BCUT2D eigenvalue weighted by atomic mass is 9.86. The first-order valence-electron chi connectivity index (χ1n) is 10.9. The molecule has 0 spiro atoms. The van der Waals surface area contributed by atoms with Crippen molar-refractivity contribution in [3.8, 4) is 0 Å². The normalized spacial score (nSPS) is 12.9. The van der Waals surface area contributed by atoms with Gasteiger partial charge in [0.15, 0.2) is 0 Å². The van der Waals surface area contributed by atoms with Gasteiger partial charge in [-0.15, -0.1) is 0 Å². The number of carboxylic acids is 1. The number of aromatic amines is 1. The van der Waals surface area contributed by atoms with Gasteiger partial charge in [-0.25, -0.2) is 4.79 Å². The van der Waals surface area contributed by atoms with Gasteiger partial charge in [0.05, 0.1) is 5.56 Å². The molecule has 4 heteroatoms. The smallest absolute Gasteiger partial charge is 0.335 e. The molecular weight excluding hydrogens is 398 g/mol. The maximum atomic E-state index is 11.0.